The standard InChI is InChI=1S/C15H17ClS/c1-4-13-7-8-14(17-13)15(16)12-6-5-10(2)11(3)9-12/h5-9,15H,4H2,1-3H3. The summed E-state index contributed by atoms with van der Waals surface area (Å²) in [6, 6.07) is 10.8. The second-order valence-corrected chi connectivity index (χ2v) is 6.00. The quantitative estimate of drug-likeness (QED) is 0.664. The molecule has 2 heteroatoms. The van der Waals surface area contributed by atoms with E-state index in [-0.39, 0.29) is 5.38 Å². The van der Waals surface area contributed by atoms with E-state index in [0.29, 0.717) is 0 Å². The third kappa shape index (κ3) is 2.72. The number of rotatable bonds is 3. The van der Waals surface area contributed by atoms with Gasteiger partial charge in [0.05, 0.1) is 5.38 Å². The monoisotopic (exact) mass is 264 g/mol. The van der Waals surface area contributed by atoms with Gasteiger partial charge >= 0.3 is 0 Å². The number of aryl methyl sites for hydroxylation is 3. The predicted molar refractivity (Wildman–Crippen MR) is 77.3 cm³/mol. The normalized spacial score (nSPS) is 12.7. The van der Waals surface area contributed by atoms with Crippen LogP contribution in [0.2, 0.25) is 0 Å². The van der Waals surface area contributed by atoms with E-state index >= 15 is 0 Å². The van der Waals surface area contributed by atoms with E-state index < -0.39 is 0 Å². The van der Waals surface area contributed by atoms with Gasteiger partial charge in [-0.3, -0.25) is 0 Å². The molecule has 17 heavy (non-hydrogen) atoms. The molecule has 2 rings (SSSR count). The van der Waals surface area contributed by atoms with Crippen molar-refractivity contribution in [3.8, 4) is 0 Å². The van der Waals surface area contributed by atoms with Crippen LogP contribution < -0.4 is 0 Å². The first-order valence-electron chi connectivity index (χ1n) is 5.91. The maximum atomic E-state index is 6.54. The second-order valence-electron chi connectivity index (χ2n) is 4.36. The Kier molecular flexibility index (Phi) is 3.90. The van der Waals surface area contributed by atoms with Gasteiger partial charge in [0.25, 0.3) is 0 Å². The molecular weight excluding hydrogens is 248 g/mol. The van der Waals surface area contributed by atoms with Crippen LogP contribution >= 0.6 is 22.9 Å². The van der Waals surface area contributed by atoms with Crippen molar-refractivity contribution in [2.75, 3.05) is 0 Å². The van der Waals surface area contributed by atoms with E-state index in [4.69, 9.17) is 11.6 Å². The van der Waals surface area contributed by atoms with E-state index in [1.54, 1.807) is 0 Å². The summed E-state index contributed by atoms with van der Waals surface area (Å²) >= 11 is 8.35. The molecule has 1 aromatic heterocycles. The molecule has 0 aliphatic carbocycles. The summed E-state index contributed by atoms with van der Waals surface area (Å²) in [6.07, 6.45) is 1.08. The highest BCUT2D eigenvalue weighted by Gasteiger charge is 2.13. The smallest absolute Gasteiger partial charge is 0.0927 e. The molecule has 0 aliphatic rings. The van der Waals surface area contributed by atoms with Gasteiger partial charge in [0, 0.05) is 9.75 Å². The van der Waals surface area contributed by atoms with E-state index in [1.165, 1.54) is 26.4 Å². The van der Waals surface area contributed by atoms with Crippen LogP contribution in [0.1, 0.15) is 38.7 Å². The first-order chi connectivity index (χ1) is 8.11. The zero-order chi connectivity index (χ0) is 12.4. The highest BCUT2D eigenvalue weighted by atomic mass is 35.5. The molecule has 0 spiro atoms. The Balaban J connectivity index is 2.29. The fourth-order valence-corrected chi connectivity index (χ4v) is 3.11. The predicted octanol–water partition coefficient (Wildman–Crippen LogP) is 5.26. The van der Waals surface area contributed by atoms with Crippen molar-refractivity contribution in [3.63, 3.8) is 0 Å². The van der Waals surface area contributed by atoms with Crippen LogP contribution in [-0.4, -0.2) is 0 Å². The number of alkyl halides is 1. The lowest BCUT2D eigenvalue weighted by Gasteiger charge is -2.10. The largest absolute Gasteiger partial charge is 0.143 e. The van der Waals surface area contributed by atoms with Crippen molar-refractivity contribution in [3.05, 3.63) is 56.8 Å². The zero-order valence-electron chi connectivity index (χ0n) is 10.5. The number of benzene rings is 1. The van der Waals surface area contributed by atoms with Crippen molar-refractivity contribution in [2.45, 2.75) is 32.6 Å². The molecule has 0 radical (unpaired) electrons. The SMILES string of the molecule is CCc1ccc(C(Cl)c2ccc(C)c(C)c2)s1. The fourth-order valence-electron chi connectivity index (χ4n) is 1.81. The van der Waals surface area contributed by atoms with Crippen LogP contribution in [0.25, 0.3) is 0 Å². The van der Waals surface area contributed by atoms with E-state index in [0.717, 1.165) is 6.42 Å². The van der Waals surface area contributed by atoms with E-state index in [1.807, 2.05) is 11.3 Å². The van der Waals surface area contributed by atoms with Gasteiger partial charge in [0.15, 0.2) is 0 Å². The summed E-state index contributed by atoms with van der Waals surface area (Å²) in [6.45, 7) is 6.44. The minimum absolute atomic E-state index is 0.0143. The molecule has 2 aromatic rings. The molecule has 1 atom stereocenters. The molecule has 1 heterocycles. The van der Waals surface area contributed by atoms with Crippen LogP contribution in [0.5, 0.6) is 0 Å². The van der Waals surface area contributed by atoms with Gasteiger partial charge in [-0.05, 0) is 49.1 Å². The van der Waals surface area contributed by atoms with E-state index in [9.17, 15) is 0 Å². The molecule has 1 unspecified atom stereocenters. The van der Waals surface area contributed by atoms with Gasteiger partial charge < -0.3 is 0 Å². The first kappa shape index (κ1) is 12.7. The Hall–Kier alpha value is -0.790. The summed E-state index contributed by atoms with van der Waals surface area (Å²) in [7, 11) is 0. The van der Waals surface area contributed by atoms with Gasteiger partial charge in [-0.25, -0.2) is 0 Å². The average molecular weight is 265 g/mol. The van der Waals surface area contributed by atoms with Crippen LogP contribution in [0.4, 0.5) is 0 Å². The van der Waals surface area contributed by atoms with Gasteiger partial charge in [-0.1, -0.05) is 25.1 Å². The number of hydrogen-bond donors (Lipinski definition) is 0. The highest BCUT2D eigenvalue weighted by molar-refractivity contribution is 7.12. The van der Waals surface area contributed by atoms with Crippen molar-refractivity contribution in [1.29, 1.82) is 0 Å². The van der Waals surface area contributed by atoms with Crippen LogP contribution in [-0.2, 0) is 6.42 Å². The van der Waals surface area contributed by atoms with Crippen LogP contribution in [0.3, 0.4) is 0 Å². The highest BCUT2D eigenvalue weighted by Crippen LogP contribution is 2.34. The molecule has 0 bridgehead atoms. The topological polar surface area (TPSA) is 0 Å². The van der Waals surface area contributed by atoms with E-state index in [2.05, 4.69) is 51.1 Å². The molecule has 0 aliphatic heterocycles. The average Bonchev–Trinajstić information content (AvgIpc) is 2.80. The molecule has 1 aromatic carbocycles. The van der Waals surface area contributed by atoms with Gasteiger partial charge in [0.2, 0.25) is 0 Å². The Labute approximate surface area is 112 Å². The van der Waals surface area contributed by atoms with Crippen molar-refractivity contribution < 1.29 is 0 Å². The van der Waals surface area contributed by atoms with Gasteiger partial charge in [0.1, 0.15) is 0 Å². The number of halogens is 1. The molecule has 0 nitrogen and oxygen atoms in total. The van der Waals surface area contributed by atoms with Crippen LogP contribution in [0.15, 0.2) is 30.3 Å². The van der Waals surface area contributed by atoms with Gasteiger partial charge in [-0.15, -0.1) is 22.9 Å². The zero-order valence-corrected chi connectivity index (χ0v) is 12.0. The number of thiophene rings is 1. The third-order valence-corrected chi connectivity index (χ3v) is 5.02. The molecule has 0 amide bonds. The lowest BCUT2D eigenvalue weighted by atomic mass is 10.0. The first-order valence-corrected chi connectivity index (χ1v) is 7.17. The van der Waals surface area contributed by atoms with Crippen molar-refractivity contribution in [1.82, 2.24) is 0 Å². The Morgan fingerprint density at radius 3 is 2.47 bits per heavy atom. The summed E-state index contributed by atoms with van der Waals surface area (Å²) in [5, 5.41) is -0.0143. The maximum absolute atomic E-state index is 6.54. The molecule has 90 valence electrons. The van der Waals surface area contributed by atoms with Crippen LogP contribution in [0, 0.1) is 13.8 Å². The van der Waals surface area contributed by atoms with Gasteiger partial charge in [-0.2, -0.15) is 0 Å². The third-order valence-electron chi connectivity index (χ3n) is 3.10. The van der Waals surface area contributed by atoms with Crippen molar-refractivity contribution >= 4 is 22.9 Å². The molecule has 0 fully saturated rings. The summed E-state index contributed by atoms with van der Waals surface area (Å²) in [5.74, 6) is 0. The molecule has 0 saturated heterocycles. The lowest BCUT2D eigenvalue weighted by molar-refractivity contribution is 1.16. The maximum Gasteiger partial charge on any atom is 0.0927 e. The molecular formula is C15H17ClS. The minimum Gasteiger partial charge on any atom is -0.143 e. The Morgan fingerprint density at radius 1 is 1.12 bits per heavy atom. The summed E-state index contributed by atoms with van der Waals surface area (Å²) in [4.78, 5) is 2.64. The fraction of sp³-hybridized carbons (Fsp3) is 0.333. The second kappa shape index (κ2) is 5.24. The lowest BCUT2D eigenvalue weighted by Crippen LogP contribution is -1.92. The number of hydrogen-bond acceptors (Lipinski definition) is 1. The van der Waals surface area contributed by atoms with Crippen molar-refractivity contribution in [2.24, 2.45) is 0 Å². The Bertz CT molecular complexity index is 513. The summed E-state index contributed by atoms with van der Waals surface area (Å²) in [5.41, 5.74) is 3.82. The Morgan fingerprint density at radius 2 is 1.88 bits per heavy atom. The minimum atomic E-state index is -0.0143. The molecule has 0 saturated carbocycles. The molecule has 0 N–H and O–H groups in total. The summed E-state index contributed by atoms with van der Waals surface area (Å²) < 4.78 is 0.